The van der Waals surface area contributed by atoms with E-state index in [9.17, 15) is 9.00 Å². The zero-order valence-corrected chi connectivity index (χ0v) is 13.8. The fourth-order valence-electron chi connectivity index (χ4n) is 2.02. The number of carbonyl (C=O) groups excluding carboxylic acids is 1. The Morgan fingerprint density at radius 2 is 2.00 bits per heavy atom. The molecule has 0 unspecified atom stereocenters. The number of hydrogen-bond donors (Lipinski definition) is 1. The summed E-state index contributed by atoms with van der Waals surface area (Å²) in [4.78, 5) is 12.1. The molecule has 0 aliphatic rings. The van der Waals surface area contributed by atoms with Crippen LogP contribution in [0, 0.1) is 13.8 Å². The molecule has 0 spiro atoms. The van der Waals surface area contributed by atoms with Crippen molar-refractivity contribution in [3.05, 3.63) is 52.9 Å². The van der Waals surface area contributed by atoms with Gasteiger partial charge in [0.25, 0.3) is 0 Å². The number of carbonyl (C=O) groups is 1. The molecular weight excluding hydrogens is 300 g/mol. The smallest absolute Gasteiger partial charge is 0.235 e. The van der Waals surface area contributed by atoms with Crippen LogP contribution in [0.3, 0.4) is 0 Å². The SMILES string of the molecule is Cc1noc(C)c1C[S@@](=O)[C@@H](C)C(=O)NCc1ccccc1. The molecule has 0 fully saturated rings. The van der Waals surface area contributed by atoms with E-state index < -0.39 is 16.0 Å². The van der Waals surface area contributed by atoms with Gasteiger partial charge in [-0.1, -0.05) is 35.5 Å². The van der Waals surface area contributed by atoms with Crippen LogP contribution in [-0.2, 0) is 27.9 Å². The molecule has 0 radical (unpaired) electrons. The maximum Gasteiger partial charge on any atom is 0.235 e. The van der Waals surface area contributed by atoms with Crippen molar-refractivity contribution >= 4 is 16.7 Å². The van der Waals surface area contributed by atoms with E-state index in [4.69, 9.17) is 4.52 Å². The van der Waals surface area contributed by atoms with Crippen molar-refractivity contribution in [3.8, 4) is 0 Å². The van der Waals surface area contributed by atoms with E-state index in [1.54, 1.807) is 13.8 Å². The van der Waals surface area contributed by atoms with Crippen LogP contribution >= 0.6 is 0 Å². The van der Waals surface area contributed by atoms with Gasteiger partial charge in [0.1, 0.15) is 11.0 Å². The van der Waals surface area contributed by atoms with E-state index in [0.29, 0.717) is 12.3 Å². The molecule has 1 aromatic heterocycles. The van der Waals surface area contributed by atoms with Gasteiger partial charge in [0.2, 0.25) is 5.91 Å². The lowest BCUT2D eigenvalue weighted by molar-refractivity contribution is -0.120. The molecule has 2 aromatic rings. The standard InChI is InChI=1S/C16H20N2O3S/c1-11-15(12(2)21-18-11)10-22(20)13(3)16(19)17-9-14-7-5-4-6-8-14/h4-8,13H,9-10H2,1-3H3,(H,17,19)/t13-,22+/m0/s1. The second-order valence-electron chi connectivity index (χ2n) is 5.17. The van der Waals surface area contributed by atoms with Crippen LogP contribution in [0.15, 0.2) is 34.9 Å². The van der Waals surface area contributed by atoms with Crippen LogP contribution < -0.4 is 5.32 Å². The summed E-state index contributed by atoms with van der Waals surface area (Å²) < 4.78 is 17.4. The Hall–Kier alpha value is -1.95. The summed E-state index contributed by atoms with van der Waals surface area (Å²) in [6.45, 7) is 5.71. The van der Waals surface area contributed by atoms with Gasteiger partial charge < -0.3 is 9.84 Å². The molecule has 5 nitrogen and oxygen atoms in total. The summed E-state index contributed by atoms with van der Waals surface area (Å²) in [6.07, 6.45) is 0. The predicted octanol–water partition coefficient (Wildman–Crippen LogP) is 2.25. The van der Waals surface area contributed by atoms with E-state index in [1.807, 2.05) is 37.3 Å². The van der Waals surface area contributed by atoms with E-state index in [0.717, 1.165) is 16.8 Å². The molecule has 0 saturated heterocycles. The Kier molecular flexibility index (Phi) is 5.49. The molecule has 0 bridgehead atoms. The number of benzene rings is 1. The van der Waals surface area contributed by atoms with Crippen molar-refractivity contribution in [1.29, 1.82) is 0 Å². The topological polar surface area (TPSA) is 72.2 Å². The van der Waals surface area contributed by atoms with Crippen LogP contribution in [0.2, 0.25) is 0 Å². The maximum atomic E-state index is 12.3. The van der Waals surface area contributed by atoms with Crippen molar-refractivity contribution in [2.45, 2.75) is 38.3 Å². The predicted molar refractivity (Wildman–Crippen MR) is 85.6 cm³/mol. The molecule has 0 aliphatic heterocycles. The van der Waals surface area contributed by atoms with Crippen molar-refractivity contribution in [1.82, 2.24) is 10.5 Å². The van der Waals surface area contributed by atoms with Gasteiger partial charge in [0.05, 0.1) is 11.4 Å². The Morgan fingerprint density at radius 3 is 2.59 bits per heavy atom. The Labute approximate surface area is 132 Å². The minimum atomic E-state index is -1.31. The summed E-state index contributed by atoms with van der Waals surface area (Å²) >= 11 is 0. The molecule has 22 heavy (non-hydrogen) atoms. The molecule has 1 aromatic carbocycles. The van der Waals surface area contributed by atoms with Gasteiger partial charge in [-0.3, -0.25) is 9.00 Å². The first kappa shape index (κ1) is 16.4. The molecule has 1 N–H and O–H groups in total. The van der Waals surface area contributed by atoms with Gasteiger partial charge in [-0.15, -0.1) is 0 Å². The summed E-state index contributed by atoms with van der Waals surface area (Å²) in [5.74, 6) is 0.720. The lowest BCUT2D eigenvalue weighted by atomic mass is 10.2. The van der Waals surface area contributed by atoms with Crippen LogP contribution in [-0.4, -0.2) is 20.5 Å². The highest BCUT2D eigenvalue weighted by Gasteiger charge is 2.22. The minimum Gasteiger partial charge on any atom is -0.361 e. The zero-order chi connectivity index (χ0) is 16.1. The molecule has 0 saturated carbocycles. The summed E-state index contributed by atoms with van der Waals surface area (Å²) in [6, 6.07) is 9.63. The first-order valence-electron chi connectivity index (χ1n) is 7.09. The summed E-state index contributed by atoms with van der Waals surface area (Å²) in [5.41, 5.74) is 2.56. The molecular formula is C16H20N2O3S. The second kappa shape index (κ2) is 7.35. The van der Waals surface area contributed by atoms with Gasteiger partial charge in [0, 0.05) is 22.9 Å². The van der Waals surface area contributed by atoms with Crippen molar-refractivity contribution in [2.24, 2.45) is 0 Å². The van der Waals surface area contributed by atoms with E-state index in [-0.39, 0.29) is 11.7 Å². The quantitative estimate of drug-likeness (QED) is 0.886. The third-order valence-corrected chi connectivity index (χ3v) is 5.12. The summed E-state index contributed by atoms with van der Waals surface area (Å²) in [5, 5.41) is 6.07. The number of nitrogens with zero attached hydrogens (tertiary/aromatic N) is 1. The Balaban J connectivity index is 1.91. The van der Waals surface area contributed by atoms with Crippen molar-refractivity contribution in [2.75, 3.05) is 0 Å². The fraction of sp³-hybridized carbons (Fsp3) is 0.375. The average molecular weight is 320 g/mol. The van der Waals surface area contributed by atoms with Gasteiger partial charge in [-0.2, -0.15) is 0 Å². The molecule has 1 amide bonds. The highest BCUT2D eigenvalue weighted by atomic mass is 32.2. The minimum absolute atomic E-state index is 0.214. The molecule has 2 rings (SSSR count). The number of nitrogens with one attached hydrogen (secondary N) is 1. The van der Waals surface area contributed by atoms with Crippen molar-refractivity contribution in [3.63, 3.8) is 0 Å². The third kappa shape index (κ3) is 4.04. The largest absolute Gasteiger partial charge is 0.361 e. The molecule has 6 heteroatoms. The van der Waals surface area contributed by atoms with E-state index >= 15 is 0 Å². The maximum absolute atomic E-state index is 12.3. The number of amides is 1. The van der Waals surface area contributed by atoms with Gasteiger partial charge in [-0.05, 0) is 26.3 Å². The monoisotopic (exact) mass is 320 g/mol. The van der Waals surface area contributed by atoms with Gasteiger partial charge in [-0.25, -0.2) is 0 Å². The van der Waals surface area contributed by atoms with Gasteiger partial charge in [0.15, 0.2) is 0 Å². The average Bonchev–Trinajstić information content (AvgIpc) is 2.84. The van der Waals surface area contributed by atoms with Crippen LogP contribution in [0.1, 0.15) is 29.5 Å². The Morgan fingerprint density at radius 1 is 1.32 bits per heavy atom. The van der Waals surface area contributed by atoms with E-state index in [2.05, 4.69) is 10.5 Å². The summed E-state index contributed by atoms with van der Waals surface area (Å²) in [7, 11) is -1.31. The number of aryl methyl sites for hydroxylation is 2. The molecule has 0 aliphatic carbocycles. The van der Waals surface area contributed by atoms with Crippen LogP contribution in [0.25, 0.3) is 0 Å². The normalized spacial score (nSPS) is 13.6. The zero-order valence-electron chi connectivity index (χ0n) is 13.0. The highest BCUT2D eigenvalue weighted by molar-refractivity contribution is 7.85. The lowest BCUT2D eigenvalue weighted by Gasteiger charge is -2.12. The molecule has 1 heterocycles. The third-order valence-electron chi connectivity index (χ3n) is 3.54. The fourth-order valence-corrected chi connectivity index (χ4v) is 3.29. The van der Waals surface area contributed by atoms with Gasteiger partial charge >= 0.3 is 0 Å². The second-order valence-corrected chi connectivity index (χ2v) is 6.93. The van der Waals surface area contributed by atoms with E-state index in [1.165, 1.54) is 0 Å². The number of rotatable bonds is 6. The van der Waals surface area contributed by atoms with Crippen molar-refractivity contribution < 1.29 is 13.5 Å². The molecule has 118 valence electrons. The highest BCUT2D eigenvalue weighted by Crippen LogP contribution is 2.16. The number of aromatic nitrogens is 1. The molecule has 2 atom stereocenters. The first-order valence-corrected chi connectivity index (χ1v) is 8.47. The Bertz CT molecular complexity index is 648. The number of hydrogen-bond acceptors (Lipinski definition) is 4. The lowest BCUT2D eigenvalue weighted by Crippen LogP contribution is -2.35. The van der Waals surface area contributed by atoms with Crippen LogP contribution in [0.5, 0.6) is 0 Å². The first-order chi connectivity index (χ1) is 10.5. The van der Waals surface area contributed by atoms with Crippen LogP contribution in [0.4, 0.5) is 0 Å².